The van der Waals surface area contributed by atoms with E-state index in [9.17, 15) is 18.0 Å². The smallest absolute Gasteiger partial charge is 0.254 e. The van der Waals surface area contributed by atoms with Crippen molar-refractivity contribution in [3.05, 3.63) is 101 Å². The van der Waals surface area contributed by atoms with Crippen LogP contribution >= 0.6 is 0 Å². The van der Waals surface area contributed by atoms with E-state index in [-0.39, 0.29) is 30.1 Å². The molecule has 0 radical (unpaired) electrons. The van der Waals surface area contributed by atoms with Gasteiger partial charge < -0.3 is 9.32 Å². The van der Waals surface area contributed by atoms with Crippen LogP contribution in [0.4, 0.5) is 13.2 Å². The summed E-state index contributed by atoms with van der Waals surface area (Å²) in [6.45, 7) is 1.64. The maximum Gasteiger partial charge on any atom is 0.254 e. The van der Waals surface area contributed by atoms with Gasteiger partial charge in [-0.3, -0.25) is 4.79 Å². The molecule has 30 heavy (non-hydrogen) atoms. The summed E-state index contributed by atoms with van der Waals surface area (Å²) in [6.07, 6.45) is 0. The van der Waals surface area contributed by atoms with Gasteiger partial charge in [0.05, 0.1) is 6.54 Å². The molecule has 1 amide bonds. The molecule has 0 unspecified atom stereocenters. The highest BCUT2D eigenvalue weighted by atomic mass is 19.1. The molecular formula is C23H17F3N2O2. The zero-order chi connectivity index (χ0) is 21.3. The van der Waals surface area contributed by atoms with Crippen LogP contribution in [0.15, 0.2) is 65.1 Å². The van der Waals surface area contributed by atoms with Crippen LogP contribution in [0.25, 0.3) is 11.1 Å². The first-order valence-electron chi connectivity index (χ1n) is 9.24. The summed E-state index contributed by atoms with van der Waals surface area (Å²) in [5.74, 6) is -1.97. The van der Waals surface area contributed by atoms with Crippen molar-refractivity contribution in [2.45, 2.75) is 20.0 Å². The number of halogens is 3. The van der Waals surface area contributed by atoms with Crippen LogP contribution in [0.3, 0.4) is 0 Å². The van der Waals surface area contributed by atoms with Gasteiger partial charge in [-0.15, -0.1) is 0 Å². The Labute approximate surface area is 170 Å². The molecule has 0 aliphatic heterocycles. The molecule has 0 fully saturated rings. The molecular weight excluding hydrogens is 393 g/mol. The Hall–Kier alpha value is -3.61. The second-order valence-electron chi connectivity index (χ2n) is 6.98. The third kappa shape index (κ3) is 4.20. The number of fused-ring (bicyclic) bond motifs is 1. The summed E-state index contributed by atoms with van der Waals surface area (Å²) in [5.41, 5.74) is 2.42. The summed E-state index contributed by atoms with van der Waals surface area (Å²) in [6, 6.07) is 13.6. The number of aromatic nitrogens is 1. The van der Waals surface area contributed by atoms with E-state index in [4.69, 9.17) is 4.42 Å². The summed E-state index contributed by atoms with van der Waals surface area (Å²) < 4.78 is 46.8. The number of carbonyl (C=O) groups is 1. The molecule has 0 spiro atoms. The zero-order valence-corrected chi connectivity index (χ0v) is 16.0. The zero-order valence-electron chi connectivity index (χ0n) is 16.0. The topological polar surface area (TPSA) is 46.3 Å². The van der Waals surface area contributed by atoms with Gasteiger partial charge in [0.15, 0.2) is 5.58 Å². The molecule has 1 heterocycles. The van der Waals surface area contributed by atoms with Gasteiger partial charge in [-0.05, 0) is 67.1 Å². The van der Waals surface area contributed by atoms with Crippen molar-refractivity contribution in [2.75, 3.05) is 0 Å². The molecule has 0 saturated carbocycles. The van der Waals surface area contributed by atoms with Gasteiger partial charge in [0, 0.05) is 17.7 Å². The van der Waals surface area contributed by atoms with E-state index in [0.717, 1.165) is 35.9 Å². The fraction of sp³-hybridized carbons (Fsp3) is 0.130. The molecule has 0 N–H and O–H groups in total. The average Bonchev–Trinajstić information content (AvgIpc) is 3.11. The van der Waals surface area contributed by atoms with Crippen LogP contribution < -0.4 is 0 Å². The standard InChI is InChI=1S/C23H17F3N2O2/c1-14-2-9-21-20(10-14)27-22(30-21)13-28(12-16-11-18(25)7-8-19(16)26)23(29)15-3-5-17(24)6-4-15/h2-11H,12-13H2,1H3. The Bertz CT molecular complexity index is 1220. The minimum absolute atomic E-state index is 0.0115. The van der Waals surface area contributed by atoms with Crippen molar-refractivity contribution in [2.24, 2.45) is 0 Å². The van der Waals surface area contributed by atoms with Gasteiger partial charge in [-0.1, -0.05) is 6.07 Å². The second-order valence-corrected chi connectivity index (χ2v) is 6.98. The predicted molar refractivity (Wildman–Crippen MR) is 105 cm³/mol. The van der Waals surface area contributed by atoms with E-state index in [1.807, 2.05) is 19.1 Å². The summed E-state index contributed by atoms with van der Waals surface area (Å²) in [7, 11) is 0. The number of hydrogen-bond donors (Lipinski definition) is 0. The Kier molecular flexibility index (Phi) is 5.27. The maximum absolute atomic E-state index is 14.2. The molecule has 1 aromatic heterocycles. The number of oxazole rings is 1. The first kappa shape index (κ1) is 19.7. The number of benzene rings is 3. The van der Waals surface area contributed by atoms with Crippen LogP contribution in [-0.2, 0) is 13.1 Å². The quantitative estimate of drug-likeness (QED) is 0.443. The van der Waals surface area contributed by atoms with Crippen molar-refractivity contribution in [3.63, 3.8) is 0 Å². The molecule has 152 valence electrons. The van der Waals surface area contributed by atoms with Gasteiger partial charge in [0.25, 0.3) is 5.91 Å². The van der Waals surface area contributed by atoms with Crippen molar-refractivity contribution in [1.82, 2.24) is 9.88 Å². The molecule has 4 rings (SSSR count). The first-order chi connectivity index (χ1) is 14.4. The average molecular weight is 410 g/mol. The Balaban J connectivity index is 1.68. The van der Waals surface area contributed by atoms with Crippen molar-refractivity contribution < 1.29 is 22.4 Å². The second kappa shape index (κ2) is 8.02. The predicted octanol–water partition coefficient (Wildman–Crippen LogP) is 5.40. The Morgan fingerprint density at radius 1 is 0.933 bits per heavy atom. The van der Waals surface area contributed by atoms with Gasteiger partial charge in [-0.25, -0.2) is 18.2 Å². The minimum Gasteiger partial charge on any atom is -0.439 e. The first-order valence-corrected chi connectivity index (χ1v) is 9.24. The summed E-state index contributed by atoms with van der Waals surface area (Å²) >= 11 is 0. The fourth-order valence-electron chi connectivity index (χ4n) is 3.16. The van der Waals surface area contributed by atoms with E-state index >= 15 is 0 Å². The molecule has 0 bridgehead atoms. The van der Waals surface area contributed by atoms with Gasteiger partial charge >= 0.3 is 0 Å². The van der Waals surface area contributed by atoms with E-state index in [1.165, 1.54) is 17.0 Å². The molecule has 0 atom stereocenters. The third-order valence-electron chi connectivity index (χ3n) is 4.66. The van der Waals surface area contributed by atoms with Gasteiger partial charge in [-0.2, -0.15) is 0 Å². The molecule has 3 aromatic carbocycles. The molecule has 0 aliphatic carbocycles. The van der Waals surface area contributed by atoms with E-state index < -0.39 is 23.4 Å². The van der Waals surface area contributed by atoms with Gasteiger partial charge in [0.1, 0.15) is 23.0 Å². The molecule has 7 heteroatoms. The van der Waals surface area contributed by atoms with Crippen LogP contribution in [0.5, 0.6) is 0 Å². The van der Waals surface area contributed by atoms with Crippen molar-refractivity contribution in [1.29, 1.82) is 0 Å². The number of nitrogens with zero attached hydrogens (tertiary/aromatic N) is 2. The number of carbonyl (C=O) groups excluding carboxylic acids is 1. The van der Waals surface area contributed by atoms with Gasteiger partial charge in [0.2, 0.25) is 5.89 Å². The Morgan fingerprint density at radius 2 is 1.67 bits per heavy atom. The Morgan fingerprint density at radius 3 is 2.43 bits per heavy atom. The van der Waals surface area contributed by atoms with E-state index in [2.05, 4.69) is 4.98 Å². The third-order valence-corrected chi connectivity index (χ3v) is 4.66. The molecule has 0 saturated heterocycles. The molecule has 4 aromatic rings. The number of hydrogen-bond acceptors (Lipinski definition) is 3. The van der Waals surface area contributed by atoms with E-state index in [0.29, 0.717) is 11.1 Å². The van der Waals surface area contributed by atoms with Crippen molar-refractivity contribution >= 4 is 17.0 Å². The lowest BCUT2D eigenvalue weighted by atomic mass is 10.1. The number of aryl methyl sites for hydroxylation is 1. The highest BCUT2D eigenvalue weighted by molar-refractivity contribution is 5.94. The highest BCUT2D eigenvalue weighted by Crippen LogP contribution is 2.21. The summed E-state index contributed by atoms with van der Waals surface area (Å²) in [5, 5.41) is 0. The van der Waals surface area contributed by atoms with Crippen LogP contribution in [0, 0.1) is 24.4 Å². The lowest BCUT2D eigenvalue weighted by Crippen LogP contribution is -2.30. The summed E-state index contributed by atoms with van der Waals surface area (Å²) in [4.78, 5) is 18.7. The van der Waals surface area contributed by atoms with E-state index in [1.54, 1.807) is 6.07 Å². The largest absolute Gasteiger partial charge is 0.439 e. The maximum atomic E-state index is 14.2. The van der Waals surface area contributed by atoms with Crippen LogP contribution in [0.2, 0.25) is 0 Å². The van der Waals surface area contributed by atoms with Crippen LogP contribution in [-0.4, -0.2) is 15.8 Å². The molecule has 0 aliphatic rings. The monoisotopic (exact) mass is 410 g/mol. The normalized spacial score (nSPS) is 11.1. The van der Waals surface area contributed by atoms with Crippen LogP contribution in [0.1, 0.15) is 27.4 Å². The van der Waals surface area contributed by atoms with Crippen molar-refractivity contribution in [3.8, 4) is 0 Å². The fourth-order valence-corrected chi connectivity index (χ4v) is 3.16. The lowest BCUT2D eigenvalue weighted by molar-refractivity contribution is 0.0713. The SMILES string of the molecule is Cc1ccc2oc(CN(Cc3cc(F)ccc3F)C(=O)c3ccc(F)cc3)nc2c1. The number of amides is 1. The lowest BCUT2D eigenvalue weighted by Gasteiger charge is -2.22. The molecule has 4 nitrogen and oxygen atoms in total. The minimum atomic E-state index is -0.638. The highest BCUT2D eigenvalue weighted by Gasteiger charge is 2.21. The number of rotatable bonds is 5.